The minimum atomic E-state index is 0.270. The maximum atomic E-state index is 12.1. The molecule has 1 amide bonds. The van der Waals surface area contributed by atoms with Crippen LogP contribution in [0.25, 0.3) is 0 Å². The Hall–Kier alpha value is -2.43. The smallest absolute Gasteiger partial charge is 0.222 e. The minimum absolute atomic E-state index is 0.270. The second kappa shape index (κ2) is 8.30. The fourth-order valence-electron chi connectivity index (χ4n) is 3.53. The second-order valence-electron chi connectivity index (χ2n) is 6.94. The second-order valence-corrected chi connectivity index (χ2v) is 6.94. The van der Waals surface area contributed by atoms with Gasteiger partial charge in [0.05, 0.1) is 0 Å². The first kappa shape index (κ1) is 18.4. The summed E-state index contributed by atoms with van der Waals surface area (Å²) in [7, 11) is 0. The number of amides is 1. The summed E-state index contributed by atoms with van der Waals surface area (Å²) >= 11 is 0. The molecule has 26 heavy (non-hydrogen) atoms. The molecular formula is C21H28N4O. The summed E-state index contributed by atoms with van der Waals surface area (Å²) in [6.45, 7) is 9.26. The molecule has 2 heterocycles. The summed E-state index contributed by atoms with van der Waals surface area (Å²) in [5, 5.41) is 0. The van der Waals surface area contributed by atoms with E-state index >= 15 is 0 Å². The molecule has 1 saturated heterocycles. The van der Waals surface area contributed by atoms with Crippen LogP contribution in [0.3, 0.4) is 0 Å². The molecule has 1 aliphatic rings. The zero-order valence-corrected chi connectivity index (χ0v) is 16.0. The molecule has 0 spiro atoms. The number of carbonyl (C=O) groups excluding carboxylic acids is 1. The molecule has 2 aromatic rings. The van der Waals surface area contributed by atoms with Crippen LogP contribution in [0.2, 0.25) is 0 Å². The molecule has 0 bridgehead atoms. The highest BCUT2D eigenvalue weighted by Crippen LogP contribution is 2.25. The van der Waals surface area contributed by atoms with E-state index in [1.54, 1.807) is 0 Å². The van der Waals surface area contributed by atoms with Crippen LogP contribution in [-0.2, 0) is 11.2 Å². The van der Waals surface area contributed by atoms with Crippen LogP contribution in [0.5, 0.6) is 0 Å². The van der Waals surface area contributed by atoms with Crippen molar-refractivity contribution in [2.75, 3.05) is 31.1 Å². The van der Waals surface area contributed by atoms with Crippen LogP contribution in [0.4, 0.5) is 5.82 Å². The van der Waals surface area contributed by atoms with Crippen molar-refractivity contribution in [3.05, 3.63) is 53.0 Å². The van der Waals surface area contributed by atoms with Gasteiger partial charge >= 0.3 is 0 Å². The van der Waals surface area contributed by atoms with Crippen LogP contribution in [0.1, 0.15) is 42.4 Å². The van der Waals surface area contributed by atoms with Gasteiger partial charge < -0.3 is 9.80 Å². The maximum absolute atomic E-state index is 12.1. The lowest BCUT2D eigenvalue weighted by Crippen LogP contribution is -2.49. The van der Waals surface area contributed by atoms with Crippen molar-refractivity contribution in [2.24, 2.45) is 0 Å². The molecule has 1 aromatic carbocycles. The third-order valence-corrected chi connectivity index (χ3v) is 4.92. The molecule has 5 nitrogen and oxygen atoms in total. The quantitative estimate of drug-likeness (QED) is 0.829. The minimum Gasteiger partial charge on any atom is -0.353 e. The normalized spacial score (nSPS) is 14.6. The van der Waals surface area contributed by atoms with E-state index in [4.69, 9.17) is 4.98 Å². The van der Waals surface area contributed by atoms with Gasteiger partial charge in [0.15, 0.2) is 0 Å². The summed E-state index contributed by atoms with van der Waals surface area (Å²) in [5.74, 6) is 2.10. The van der Waals surface area contributed by atoms with E-state index in [0.717, 1.165) is 56.4 Å². The number of aryl methyl sites for hydroxylation is 2. The monoisotopic (exact) mass is 352 g/mol. The van der Waals surface area contributed by atoms with Gasteiger partial charge in [-0.05, 0) is 25.8 Å². The number of benzene rings is 1. The standard InChI is InChI=1S/C21H28N4O/c1-4-8-20(26)24-11-13-25(14-12-24)21-19(16(2)22-17(3)23-21)15-18-9-6-5-7-10-18/h5-7,9-10H,4,8,11-15H2,1-3H3. The molecule has 1 fully saturated rings. The van der Waals surface area contributed by atoms with Gasteiger partial charge in [-0.2, -0.15) is 0 Å². The molecule has 0 aliphatic carbocycles. The topological polar surface area (TPSA) is 49.3 Å². The third kappa shape index (κ3) is 4.21. The first-order chi connectivity index (χ1) is 12.6. The Morgan fingerprint density at radius 3 is 2.38 bits per heavy atom. The molecule has 138 valence electrons. The number of hydrogen-bond donors (Lipinski definition) is 0. The van der Waals surface area contributed by atoms with Crippen LogP contribution in [-0.4, -0.2) is 47.0 Å². The van der Waals surface area contributed by atoms with Gasteiger partial charge in [-0.3, -0.25) is 4.79 Å². The molecule has 5 heteroatoms. The van der Waals surface area contributed by atoms with E-state index in [1.807, 2.05) is 17.9 Å². The zero-order chi connectivity index (χ0) is 18.5. The van der Waals surface area contributed by atoms with Gasteiger partial charge in [-0.15, -0.1) is 0 Å². The highest BCUT2D eigenvalue weighted by atomic mass is 16.2. The predicted octanol–water partition coefficient (Wildman–Crippen LogP) is 3.13. The number of aromatic nitrogens is 2. The van der Waals surface area contributed by atoms with Gasteiger partial charge in [-0.1, -0.05) is 37.3 Å². The van der Waals surface area contributed by atoms with Crippen molar-refractivity contribution in [1.29, 1.82) is 0 Å². The van der Waals surface area contributed by atoms with E-state index in [1.165, 1.54) is 11.1 Å². The average molecular weight is 352 g/mol. The van der Waals surface area contributed by atoms with E-state index in [2.05, 4.69) is 48.0 Å². The predicted molar refractivity (Wildman–Crippen MR) is 104 cm³/mol. The summed E-state index contributed by atoms with van der Waals surface area (Å²) in [6, 6.07) is 10.5. The van der Waals surface area contributed by atoms with E-state index in [0.29, 0.717) is 6.42 Å². The molecule has 1 aliphatic heterocycles. The Morgan fingerprint density at radius 2 is 1.73 bits per heavy atom. The third-order valence-electron chi connectivity index (χ3n) is 4.92. The van der Waals surface area contributed by atoms with Gasteiger partial charge in [0.2, 0.25) is 5.91 Å². The molecule has 0 unspecified atom stereocenters. The Kier molecular flexibility index (Phi) is 5.86. The average Bonchev–Trinajstić information content (AvgIpc) is 2.65. The summed E-state index contributed by atoms with van der Waals surface area (Å²) < 4.78 is 0. The summed E-state index contributed by atoms with van der Waals surface area (Å²) in [6.07, 6.45) is 2.38. The van der Waals surface area contributed by atoms with Gasteiger partial charge in [0.25, 0.3) is 0 Å². The molecule has 0 atom stereocenters. The largest absolute Gasteiger partial charge is 0.353 e. The van der Waals surface area contributed by atoms with Crippen LogP contribution in [0.15, 0.2) is 30.3 Å². The van der Waals surface area contributed by atoms with Crippen LogP contribution >= 0.6 is 0 Å². The van der Waals surface area contributed by atoms with Crippen molar-refractivity contribution in [2.45, 2.75) is 40.0 Å². The molecule has 1 aromatic heterocycles. The Bertz CT molecular complexity index is 752. The van der Waals surface area contributed by atoms with Gasteiger partial charge in [0.1, 0.15) is 11.6 Å². The number of carbonyl (C=O) groups is 1. The van der Waals surface area contributed by atoms with Crippen molar-refractivity contribution in [3.63, 3.8) is 0 Å². The highest BCUT2D eigenvalue weighted by Gasteiger charge is 2.24. The number of rotatable bonds is 5. The zero-order valence-electron chi connectivity index (χ0n) is 16.0. The fraction of sp³-hybridized carbons (Fsp3) is 0.476. The van der Waals surface area contributed by atoms with Crippen molar-refractivity contribution in [3.8, 4) is 0 Å². The lowest BCUT2D eigenvalue weighted by atomic mass is 10.0. The van der Waals surface area contributed by atoms with Crippen molar-refractivity contribution in [1.82, 2.24) is 14.9 Å². The maximum Gasteiger partial charge on any atom is 0.222 e. The SMILES string of the molecule is CCCC(=O)N1CCN(c2nc(C)nc(C)c2Cc2ccccc2)CC1. The fourth-order valence-corrected chi connectivity index (χ4v) is 3.53. The summed E-state index contributed by atoms with van der Waals surface area (Å²) in [5.41, 5.74) is 3.50. The van der Waals surface area contributed by atoms with Gasteiger partial charge in [0, 0.05) is 50.3 Å². The van der Waals surface area contributed by atoms with Crippen molar-refractivity contribution >= 4 is 11.7 Å². The Balaban J connectivity index is 1.80. The first-order valence-electron chi connectivity index (χ1n) is 9.49. The first-order valence-corrected chi connectivity index (χ1v) is 9.49. The van der Waals surface area contributed by atoms with Crippen LogP contribution in [0, 0.1) is 13.8 Å². The molecular weight excluding hydrogens is 324 g/mol. The van der Waals surface area contributed by atoms with Crippen LogP contribution < -0.4 is 4.90 Å². The van der Waals surface area contributed by atoms with Gasteiger partial charge in [-0.25, -0.2) is 9.97 Å². The number of nitrogens with zero attached hydrogens (tertiary/aromatic N) is 4. The Morgan fingerprint density at radius 1 is 1.04 bits per heavy atom. The van der Waals surface area contributed by atoms with E-state index in [-0.39, 0.29) is 5.91 Å². The van der Waals surface area contributed by atoms with E-state index in [9.17, 15) is 4.79 Å². The molecule has 3 rings (SSSR count). The number of anilines is 1. The molecule has 0 radical (unpaired) electrons. The summed E-state index contributed by atoms with van der Waals surface area (Å²) in [4.78, 5) is 25.8. The Labute approximate surface area is 156 Å². The highest BCUT2D eigenvalue weighted by molar-refractivity contribution is 5.76. The lowest BCUT2D eigenvalue weighted by Gasteiger charge is -2.36. The molecule has 0 saturated carbocycles. The van der Waals surface area contributed by atoms with Crippen molar-refractivity contribution < 1.29 is 4.79 Å². The van der Waals surface area contributed by atoms with E-state index < -0.39 is 0 Å². The number of piperazine rings is 1. The number of hydrogen-bond acceptors (Lipinski definition) is 4. The molecule has 0 N–H and O–H groups in total. The lowest BCUT2D eigenvalue weighted by molar-refractivity contribution is -0.131.